The molecule has 41 heavy (non-hydrogen) atoms. The number of benzene rings is 2. The van der Waals surface area contributed by atoms with E-state index in [1.807, 2.05) is 67.6 Å². The fraction of sp³-hybridized carbons (Fsp3) is 0.424. The number of ether oxygens (including phenoxy) is 1. The highest BCUT2D eigenvalue weighted by molar-refractivity contribution is 8.02. The topological polar surface area (TPSA) is 87.1 Å². The molecule has 3 aliphatic rings. The van der Waals surface area contributed by atoms with Crippen LogP contribution in [-0.2, 0) is 32.1 Å². The number of hydrogen-bond acceptors (Lipinski definition) is 6. The first-order valence-electron chi connectivity index (χ1n) is 14.2. The van der Waals surface area contributed by atoms with E-state index in [-0.39, 0.29) is 25.0 Å². The first-order valence-corrected chi connectivity index (χ1v) is 15.0. The monoisotopic (exact) mass is 574 g/mol. The predicted molar refractivity (Wildman–Crippen MR) is 160 cm³/mol. The van der Waals surface area contributed by atoms with Crippen molar-refractivity contribution in [3.8, 4) is 0 Å². The molecule has 5 rings (SSSR count). The maximum absolute atomic E-state index is 14.7. The maximum atomic E-state index is 14.7. The number of esters is 1. The molecular formula is C33H38N2O5S. The number of nitrogens with zero attached hydrogens (tertiary/aromatic N) is 2. The van der Waals surface area contributed by atoms with Crippen molar-refractivity contribution in [1.82, 2.24) is 9.80 Å². The molecule has 2 aromatic rings. The van der Waals surface area contributed by atoms with Crippen LogP contribution in [0.25, 0.3) is 0 Å². The Kier molecular flexibility index (Phi) is 8.43. The molecule has 1 N–H and O–H groups in total. The van der Waals surface area contributed by atoms with Gasteiger partial charge >= 0.3 is 5.97 Å². The Morgan fingerprint density at radius 3 is 2.37 bits per heavy atom. The lowest BCUT2D eigenvalue weighted by molar-refractivity contribution is -0.155. The minimum absolute atomic E-state index is 0.0630. The van der Waals surface area contributed by atoms with Crippen molar-refractivity contribution >= 4 is 29.5 Å². The molecule has 3 heterocycles. The van der Waals surface area contributed by atoms with Gasteiger partial charge in [-0.2, -0.15) is 0 Å². The molecule has 6 atom stereocenters. The number of carbonyl (C=O) groups is 3. The van der Waals surface area contributed by atoms with Crippen molar-refractivity contribution in [2.75, 3.05) is 19.8 Å². The Hall–Kier alpha value is -3.36. The molecule has 216 valence electrons. The molecule has 3 aliphatic heterocycles. The smallest absolute Gasteiger partial charge is 0.311 e. The Balaban J connectivity index is 1.58. The molecule has 2 unspecified atom stereocenters. The van der Waals surface area contributed by atoms with Crippen molar-refractivity contribution in [3.05, 3.63) is 97.1 Å². The van der Waals surface area contributed by atoms with E-state index in [0.29, 0.717) is 32.4 Å². The molecule has 0 aliphatic carbocycles. The molecule has 2 bridgehead atoms. The highest BCUT2D eigenvalue weighted by Gasteiger charge is 2.78. The third-order valence-electron chi connectivity index (χ3n) is 8.84. The quantitative estimate of drug-likeness (QED) is 0.305. The van der Waals surface area contributed by atoms with Crippen LogP contribution in [0.4, 0.5) is 0 Å². The largest absolute Gasteiger partial charge is 0.461 e. The van der Waals surface area contributed by atoms with E-state index in [2.05, 4.69) is 13.2 Å². The normalized spacial score (nSPS) is 28.7. The van der Waals surface area contributed by atoms with E-state index >= 15 is 0 Å². The van der Waals surface area contributed by atoms with Crippen molar-refractivity contribution < 1.29 is 24.2 Å². The van der Waals surface area contributed by atoms with Gasteiger partial charge in [0.2, 0.25) is 11.8 Å². The number of likely N-dealkylation sites (tertiary alicyclic amines) is 1. The minimum Gasteiger partial charge on any atom is -0.461 e. The van der Waals surface area contributed by atoms with Gasteiger partial charge in [-0.05, 0) is 37.3 Å². The van der Waals surface area contributed by atoms with Gasteiger partial charge in [0.25, 0.3) is 0 Å². The number of aliphatic hydroxyl groups excluding tert-OH is 1. The number of rotatable bonds is 12. The zero-order chi connectivity index (χ0) is 29.2. The summed E-state index contributed by atoms with van der Waals surface area (Å²) in [6.07, 6.45) is 4.92. The van der Waals surface area contributed by atoms with Gasteiger partial charge < -0.3 is 19.6 Å². The number of fused-ring (bicyclic) bond motifs is 1. The Labute approximate surface area is 246 Å². The molecule has 0 saturated carbocycles. The van der Waals surface area contributed by atoms with Gasteiger partial charge in [-0.3, -0.25) is 14.4 Å². The second-order valence-electron chi connectivity index (χ2n) is 11.4. The summed E-state index contributed by atoms with van der Waals surface area (Å²) in [5.41, 5.74) is 1.93. The van der Waals surface area contributed by atoms with Gasteiger partial charge in [-0.15, -0.1) is 18.3 Å². The van der Waals surface area contributed by atoms with Crippen molar-refractivity contribution in [2.45, 2.75) is 54.3 Å². The Bertz CT molecular complexity index is 1300. The van der Waals surface area contributed by atoms with E-state index < -0.39 is 39.4 Å². The lowest BCUT2D eigenvalue weighted by Crippen LogP contribution is -2.57. The molecule has 7 nitrogen and oxygen atoms in total. The van der Waals surface area contributed by atoms with Crippen LogP contribution in [0, 0.1) is 11.8 Å². The standard InChI is InChI=1S/C33H38N2O5S/c1-4-18-34(21-24-14-10-7-11-15-24)30(38)28-33-17-16-32(3,41-33)27(31(39)40-19-5-2)26(33)29(37)35(28)25(22-36)20-23-12-8-6-9-13-23/h4-15,25-28,36H,1-2,16-22H2,3H3/t25-,26+,27+,28?,32-,33?/m1/s1. The average Bonchev–Trinajstić information content (AvgIpc) is 3.55. The third kappa shape index (κ3) is 5.12. The second-order valence-corrected chi connectivity index (χ2v) is 13.3. The molecule has 3 saturated heterocycles. The number of amides is 2. The zero-order valence-electron chi connectivity index (χ0n) is 23.5. The first-order chi connectivity index (χ1) is 19.8. The van der Waals surface area contributed by atoms with Crippen LogP contribution in [0.5, 0.6) is 0 Å². The summed E-state index contributed by atoms with van der Waals surface area (Å²) in [4.78, 5) is 46.1. The van der Waals surface area contributed by atoms with Gasteiger partial charge in [0.15, 0.2) is 0 Å². The minimum atomic E-state index is -0.839. The zero-order valence-corrected chi connectivity index (χ0v) is 24.3. The number of aliphatic hydroxyl groups is 1. The summed E-state index contributed by atoms with van der Waals surface area (Å²) in [6, 6.07) is 17.9. The maximum Gasteiger partial charge on any atom is 0.311 e. The van der Waals surface area contributed by atoms with E-state index in [4.69, 9.17) is 4.74 Å². The number of thioether (sulfide) groups is 1. The summed E-state index contributed by atoms with van der Waals surface area (Å²) in [5, 5.41) is 10.7. The van der Waals surface area contributed by atoms with E-state index in [0.717, 1.165) is 11.1 Å². The van der Waals surface area contributed by atoms with Gasteiger partial charge in [0, 0.05) is 17.8 Å². The van der Waals surface area contributed by atoms with Crippen LogP contribution < -0.4 is 0 Å². The highest BCUT2D eigenvalue weighted by atomic mass is 32.2. The molecule has 0 aromatic heterocycles. The van der Waals surface area contributed by atoms with Crippen LogP contribution in [0.3, 0.4) is 0 Å². The third-order valence-corrected chi connectivity index (χ3v) is 10.8. The fourth-order valence-electron chi connectivity index (χ4n) is 7.13. The van der Waals surface area contributed by atoms with Crippen LogP contribution in [-0.4, -0.2) is 74.0 Å². The van der Waals surface area contributed by atoms with E-state index in [1.165, 1.54) is 6.08 Å². The van der Waals surface area contributed by atoms with Crippen LogP contribution in [0.2, 0.25) is 0 Å². The van der Waals surface area contributed by atoms with E-state index in [9.17, 15) is 19.5 Å². The first kappa shape index (κ1) is 29.1. The second kappa shape index (κ2) is 11.9. The Morgan fingerprint density at radius 2 is 1.76 bits per heavy atom. The molecule has 0 radical (unpaired) electrons. The summed E-state index contributed by atoms with van der Waals surface area (Å²) in [5.74, 6) is -2.28. The fourth-order valence-corrected chi connectivity index (χ4v) is 9.45. The molecule has 2 aromatic carbocycles. The average molecular weight is 575 g/mol. The molecule has 2 amide bonds. The van der Waals surface area contributed by atoms with Crippen molar-refractivity contribution in [2.24, 2.45) is 11.8 Å². The van der Waals surface area contributed by atoms with E-state index in [1.54, 1.807) is 27.6 Å². The summed E-state index contributed by atoms with van der Waals surface area (Å²) < 4.78 is 4.19. The van der Waals surface area contributed by atoms with Crippen LogP contribution >= 0.6 is 11.8 Å². The highest BCUT2D eigenvalue weighted by Crippen LogP contribution is 2.71. The van der Waals surface area contributed by atoms with Gasteiger partial charge in [0.1, 0.15) is 12.6 Å². The summed E-state index contributed by atoms with van der Waals surface area (Å²) in [6.45, 7) is 9.99. The van der Waals surface area contributed by atoms with Crippen molar-refractivity contribution in [3.63, 3.8) is 0 Å². The predicted octanol–water partition coefficient (Wildman–Crippen LogP) is 4.02. The molecule has 8 heteroatoms. The van der Waals surface area contributed by atoms with Crippen LogP contribution in [0.1, 0.15) is 30.9 Å². The summed E-state index contributed by atoms with van der Waals surface area (Å²) >= 11 is 1.60. The SMILES string of the molecule is C=CCOC(=O)[C@@H]1[C@H]2C(=O)N([C@@H](CO)Cc3ccccc3)C(C(=O)N(CC=C)Cc3ccccc3)C23CC[C@@]1(C)S3. The number of hydrogen-bond donors (Lipinski definition) is 1. The summed E-state index contributed by atoms with van der Waals surface area (Å²) in [7, 11) is 0. The van der Waals surface area contributed by atoms with Crippen LogP contribution in [0.15, 0.2) is 86.0 Å². The lowest BCUT2D eigenvalue weighted by atomic mass is 9.66. The lowest BCUT2D eigenvalue weighted by Gasteiger charge is -2.39. The van der Waals surface area contributed by atoms with Gasteiger partial charge in [-0.1, -0.05) is 79.4 Å². The Morgan fingerprint density at radius 1 is 1.10 bits per heavy atom. The number of carbonyl (C=O) groups excluding carboxylic acids is 3. The molecule has 3 fully saturated rings. The van der Waals surface area contributed by atoms with Crippen molar-refractivity contribution in [1.29, 1.82) is 0 Å². The van der Waals surface area contributed by atoms with Gasteiger partial charge in [-0.25, -0.2) is 0 Å². The molecule has 1 spiro atoms. The molecular weight excluding hydrogens is 536 g/mol. The van der Waals surface area contributed by atoms with Gasteiger partial charge in [0.05, 0.1) is 29.2 Å².